The number of anilines is 1. The van der Waals surface area contributed by atoms with E-state index in [1.165, 1.54) is 5.56 Å². The van der Waals surface area contributed by atoms with Crippen LogP contribution in [-0.4, -0.2) is 30.1 Å². The molecule has 2 N–H and O–H groups in total. The van der Waals surface area contributed by atoms with Gasteiger partial charge in [0.05, 0.1) is 0 Å². The molecule has 0 aliphatic carbocycles. The summed E-state index contributed by atoms with van der Waals surface area (Å²) < 4.78 is 0. The number of halogens is 1. The molecule has 1 aliphatic rings. The average molecular weight is 330 g/mol. The molecular weight excluding hydrogens is 310 g/mol. The van der Waals surface area contributed by atoms with Crippen molar-refractivity contribution >= 4 is 23.3 Å². The molecule has 1 aliphatic heterocycles. The van der Waals surface area contributed by atoms with E-state index in [2.05, 4.69) is 39.8 Å². The van der Waals surface area contributed by atoms with Crippen molar-refractivity contribution in [2.24, 2.45) is 0 Å². The number of benzene rings is 2. The van der Waals surface area contributed by atoms with Gasteiger partial charge in [0.2, 0.25) is 0 Å². The maximum absolute atomic E-state index is 12.1. The normalized spacial score (nSPS) is 17.9. The van der Waals surface area contributed by atoms with Crippen molar-refractivity contribution in [3.63, 3.8) is 0 Å². The molecule has 1 atom stereocenters. The maximum Gasteiger partial charge on any atom is 0.319 e. The number of carbonyl (C=O) groups excluding carboxylic acids is 1. The van der Waals surface area contributed by atoms with Gasteiger partial charge in [-0.2, -0.15) is 0 Å². The van der Waals surface area contributed by atoms with Crippen molar-refractivity contribution in [1.29, 1.82) is 0 Å². The molecule has 2 aromatic carbocycles. The third-order valence-electron chi connectivity index (χ3n) is 3.94. The van der Waals surface area contributed by atoms with Gasteiger partial charge in [0.15, 0.2) is 0 Å². The van der Waals surface area contributed by atoms with Crippen molar-refractivity contribution < 1.29 is 4.79 Å². The number of amides is 2. The zero-order valence-corrected chi connectivity index (χ0v) is 13.6. The highest BCUT2D eigenvalue weighted by molar-refractivity contribution is 6.30. The fourth-order valence-electron chi connectivity index (χ4n) is 2.85. The van der Waals surface area contributed by atoms with Crippen molar-refractivity contribution in [2.45, 2.75) is 19.0 Å². The van der Waals surface area contributed by atoms with Crippen molar-refractivity contribution in [3.8, 4) is 0 Å². The van der Waals surface area contributed by atoms with E-state index in [0.717, 1.165) is 26.1 Å². The highest BCUT2D eigenvalue weighted by atomic mass is 35.5. The molecule has 0 radical (unpaired) electrons. The number of carbonyl (C=O) groups is 1. The van der Waals surface area contributed by atoms with Gasteiger partial charge >= 0.3 is 6.03 Å². The summed E-state index contributed by atoms with van der Waals surface area (Å²) in [5.74, 6) is 0. The Morgan fingerprint density at radius 2 is 2.00 bits per heavy atom. The van der Waals surface area contributed by atoms with Crippen LogP contribution in [0, 0.1) is 0 Å². The average Bonchev–Trinajstić information content (AvgIpc) is 2.95. The van der Waals surface area contributed by atoms with Crippen LogP contribution in [0.25, 0.3) is 0 Å². The number of rotatable bonds is 4. The second kappa shape index (κ2) is 7.49. The first-order valence-electron chi connectivity index (χ1n) is 7.78. The number of nitrogens with one attached hydrogen (secondary N) is 2. The van der Waals surface area contributed by atoms with Crippen molar-refractivity contribution in [3.05, 3.63) is 65.2 Å². The predicted molar refractivity (Wildman–Crippen MR) is 93.7 cm³/mol. The zero-order chi connectivity index (χ0) is 16.1. The number of urea groups is 1. The van der Waals surface area contributed by atoms with Crippen LogP contribution in [0.4, 0.5) is 10.5 Å². The minimum absolute atomic E-state index is 0.179. The van der Waals surface area contributed by atoms with E-state index in [9.17, 15) is 4.79 Å². The molecule has 4 nitrogen and oxygen atoms in total. The summed E-state index contributed by atoms with van der Waals surface area (Å²) in [7, 11) is 0. The Labute approximate surface area is 141 Å². The van der Waals surface area contributed by atoms with Gasteiger partial charge in [0.25, 0.3) is 0 Å². The van der Waals surface area contributed by atoms with Gasteiger partial charge in [0.1, 0.15) is 0 Å². The second-order valence-electron chi connectivity index (χ2n) is 5.82. The Hall–Kier alpha value is -2.04. The van der Waals surface area contributed by atoms with Crippen LogP contribution in [0.5, 0.6) is 0 Å². The topological polar surface area (TPSA) is 44.4 Å². The van der Waals surface area contributed by atoms with Gasteiger partial charge in [-0.3, -0.25) is 4.90 Å². The lowest BCUT2D eigenvalue weighted by Crippen LogP contribution is -2.39. The van der Waals surface area contributed by atoms with Gasteiger partial charge < -0.3 is 10.6 Å². The first kappa shape index (κ1) is 15.8. The molecule has 0 unspecified atom stereocenters. The van der Waals surface area contributed by atoms with Crippen molar-refractivity contribution in [1.82, 2.24) is 10.2 Å². The second-order valence-corrected chi connectivity index (χ2v) is 6.25. The Morgan fingerprint density at radius 3 is 2.78 bits per heavy atom. The maximum atomic E-state index is 12.1. The lowest BCUT2D eigenvalue weighted by Gasteiger charge is -2.17. The molecular formula is C18H20ClN3O. The molecule has 1 heterocycles. The summed E-state index contributed by atoms with van der Waals surface area (Å²) in [6.07, 6.45) is 0.968. The standard InChI is InChI=1S/C18H20ClN3O/c19-15-7-4-8-16(11-15)20-18(23)21-17-9-10-22(13-17)12-14-5-2-1-3-6-14/h1-8,11,17H,9-10,12-13H2,(H2,20,21,23)/t17-/m1/s1. The zero-order valence-electron chi connectivity index (χ0n) is 12.8. The van der Waals surface area contributed by atoms with Gasteiger partial charge in [-0.25, -0.2) is 4.79 Å². The molecule has 0 aromatic heterocycles. The van der Waals surface area contributed by atoms with Crippen molar-refractivity contribution in [2.75, 3.05) is 18.4 Å². The van der Waals surface area contributed by atoms with Crippen LogP contribution < -0.4 is 10.6 Å². The molecule has 3 rings (SSSR count). The highest BCUT2D eigenvalue weighted by Crippen LogP contribution is 2.16. The van der Waals surface area contributed by atoms with E-state index in [-0.39, 0.29) is 12.1 Å². The van der Waals surface area contributed by atoms with E-state index >= 15 is 0 Å². The first-order valence-corrected chi connectivity index (χ1v) is 8.16. The third kappa shape index (κ3) is 4.71. The number of hydrogen-bond acceptors (Lipinski definition) is 2. The van der Waals surface area contributed by atoms with Crippen LogP contribution in [0.1, 0.15) is 12.0 Å². The summed E-state index contributed by atoms with van der Waals surface area (Å²) in [5, 5.41) is 6.46. The highest BCUT2D eigenvalue weighted by Gasteiger charge is 2.23. The predicted octanol–water partition coefficient (Wildman–Crippen LogP) is 3.74. The molecule has 5 heteroatoms. The fourth-order valence-corrected chi connectivity index (χ4v) is 3.04. The van der Waals surface area contributed by atoms with E-state index in [1.54, 1.807) is 12.1 Å². The summed E-state index contributed by atoms with van der Waals surface area (Å²) in [6, 6.07) is 17.5. The lowest BCUT2D eigenvalue weighted by atomic mass is 10.2. The monoisotopic (exact) mass is 329 g/mol. The van der Waals surface area contributed by atoms with Crippen LogP contribution in [-0.2, 0) is 6.54 Å². The lowest BCUT2D eigenvalue weighted by molar-refractivity contribution is 0.247. The summed E-state index contributed by atoms with van der Waals surface area (Å²) in [4.78, 5) is 14.4. The molecule has 2 amide bonds. The molecule has 120 valence electrons. The summed E-state index contributed by atoms with van der Waals surface area (Å²) in [6.45, 7) is 2.80. The van der Waals surface area contributed by atoms with Gasteiger partial charge in [-0.05, 0) is 30.2 Å². The largest absolute Gasteiger partial charge is 0.334 e. The molecule has 2 aromatic rings. The smallest absolute Gasteiger partial charge is 0.319 e. The van der Waals surface area contributed by atoms with Gasteiger partial charge in [-0.15, -0.1) is 0 Å². The van der Waals surface area contributed by atoms with Crippen LogP contribution in [0.2, 0.25) is 5.02 Å². The summed E-state index contributed by atoms with van der Waals surface area (Å²) >= 11 is 5.92. The minimum atomic E-state index is -0.182. The fraction of sp³-hybridized carbons (Fsp3) is 0.278. The van der Waals surface area contributed by atoms with E-state index in [0.29, 0.717) is 10.7 Å². The Balaban J connectivity index is 1.47. The van der Waals surface area contributed by atoms with E-state index in [4.69, 9.17) is 11.6 Å². The SMILES string of the molecule is O=C(Nc1cccc(Cl)c1)N[C@@H]1CCN(Cc2ccccc2)C1. The van der Waals surface area contributed by atoms with Gasteiger partial charge in [-0.1, -0.05) is 48.0 Å². The quantitative estimate of drug-likeness (QED) is 0.897. The molecule has 23 heavy (non-hydrogen) atoms. The van der Waals surface area contributed by atoms with Gasteiger partial charge in [0, 0.05) is 36.4 Å². The first-order chi connectivity index (χ1) is 11.2. The third-order valence-corrected chi connectivity index (χ3v) is 4.17. The van der Waals surface area contributed by atoms with Crippen LogP contribution in [0.3, 0.4) is 0 Å². The van der Waals surface area contributed by atoms with E-state index < -0.39 is 0 Å². The number of nitrogens with zero attached hydrogens (tertiary/aromatic N) is 1. The molecule has 0 spiro atoms. The molecule has 1 fully saturated rings. The Kier molecular flexibility index (Phi) is 5.16. The van der Waals surface area contributed by atoms with E-state index in [1.807, 2.05) is 18.2 Å². The number of hydrogen-bond donors (Lipinski definition) is 2. The Bertz CT molecular complexity index is 662. The van der Waals surface area contributed by atoms with Crippen LogP contribution >= 0.6 is 11.6 Å². The molecule has 0 saturated carbocycles. The molecule has 0 bridgehead atoms. The summed E-state index contributed by atoms with van der Waals surface area (Å²) in [5.41, 5.74) is 2.01. The Morgan fingerprint density at radius 1 is 1.17 bits per heavy atom. The number of likely N-dealkylation sites (tertiary alicyclic amines) is 1. The molecule has 1 saturated heterocycles. The van der Waals surface area contributed by atoms with Crippen LogP contribution in [0.15, 0.2) is 54.6 Å². The minimum Gasteiger partial charge on any atom is -0.334 e.